The molecule has 0 aliphatic heterocycles. The van der Waals surface area contributed by atoms with Crippen molar-refractivity contribution in [2.45, 2.75) is 0 Å². The molecule has 54 heavy (non-hydrogen) atoms. The molecule has 11 rings (SSSR count). The Hall–Kier alpha value is -6.88. The molecule has 9 aromatic carbocycles. The predicted molar refractivity (Wildman–Crippen MR) is 231 cm³/mol. The van der Waals surface area contributed by atoms with E-state index in [0.29, 0.717) is 0 Å². The average molecular weight is 709 g/mol. The van der Waals surface area contributed by atoms with E-state index >= 15 is 0 Å². The molecule has 0 aliphatic rings. The summed E-state index contributed by atoms with van der Waals surface area (Å²) in [7, 11) is 0. The molecule has 2 aromatic heterocycles. The zero-order valence-corrected chi connectivity index (χ0v) is 30.0. The van der Waals surface area contributed by atoms with E-state index in [4.69, 9.17) is 4.42 Å². The number of anilines is 6. The van der Waals surface area contributed by atoms with E-state index in [1.807, 2.05) is 23.5 Å². The lowest BCUT2D eigenvalue weighted by Crippen LogP contribution is -2.13. The summed E-state index contributed by atoms with van der Waals surface area (Å²) in [5.41, 5.74) is 8.16. The molecule has 254 valence electrons. The highest BCUT2D eigenvalue weighted by Gasteiger charge is 2.19. The highest BCUT2D eigenvalue weighted by molar-refractivity contribution is 7.25. The largest absolute Gasteiger partial charge is 0.456 e. The van der Waals surface area contributed by atoms with Gasteiger partial charge >= 0.3 is 0 Å². The first kappa shape index (κ1) is 30.7. The van der Waals surface area contributed by atoms with Gasteiger partial charge in [0.2, 0.25) is 0 Å². The second-order valence-electron chi connectivity index (χ2n) is 13.8. The number of benzene rings is 9. The number of furan rings is 1. The van der Waals surface area contributed by atoms with Crippen molar-refractivity contribution in [2.24, 2.45) is 0 Å². The Morgan fingerprint density at radius 1 is 0.296 bits per heavy atom. The van der Waals surface area contributed by atoms with Gasteiger partial charge in [0.05, 0.1) is 0 Å². The summed E-state index contributed by atoms with van der Waals surface area (Å²) in [6.07, 6.45) is 0. The molecule has 3 nitrogen and oxygen atoms in total. The third-order valence-electron chi connectivity index (χ3n) is 10.6. The molecular weight excluding hydrogens is 677 g/mol. The van der Waals surface area contributed by atoms with Gasteiger partial charge in [-0.25, -0.2) is 0 Å². The van der Waals surface area contributed by atoms with Gasteiger partial charge < -0.3 is 14.2 Å². The highest BCUT2D eigenvalue weighted by atomic mass is 32.1. The second-order valence-corrected chi connectivity index (χ2v) is 14.9. The zero-order chi connectivity index (χ0) is 35.6. The lowest BCUT2D eigenvalue weighted by molar-refractivity contribution is 0.669. The van der Waals surface area contributed by atoms with Gasteiger partial charge in [-0.15, -0.1) is 11.3 Å². The minimum atomic E-state index is 0.864. The van der Waals surface area contributed by atoms with Crippen molar-refractivity contribution in [3.8, 4) is 0 Å². The molecular formula is C50H32N2OS. The number of fused-ring (bicyclic) bond motifs is 9. The van der Waals surface area contributed by atoms with E-state index in [1.54, 1.807) is 0 Å². The first-order chi connectivity index (χ1) is 26.7. The van der Waals surface area contributed by atoms with E-state index < -0.39 is 0 Å². The van der Waals surface area contributed by atoms with E-state index in [0.717, 1.165) is 56.1 Å². The van der Waals surface area contributed by atoms with E-state index in [9.17, 15) is 0 Å². The molecule has 0 N–H and O–H groups in total. The maximum Gasteiger partial charge on any atom is 0.137 e. The van der Waals surface area contributed by atoms with Crippen LogP contribution in [0.5, 0.6) is 0 Å². The van der Waals surface area contributed by atoms with E-state index in [2.05, 4.69) is 192 Å². The molecule has 4 heteroatoms. The first-order valence-corrected chi connectivity index (χ1v) is 19.1. The Balaban J connectivity index is 1.14. The van der Waals surface area contributed by atoms with Crippen LogP contribution in [0.4, 0.5) is 34.1 Å². The molecule has 0 fully saturated rings. The SMILES string of the molecule is c1ccc(N(c2ccccc2)c2cccc(N(c3ccc4c(c3)oc3ccccc34)c3ccc4ccc5cc6sc7ccccc7c6cc5c4c3)c2)cc1. The Labute approximate surface area is 316 Å². The molecule has 0 atom stereocenters. The molecule has 0 bridgehead atoms. The van der Waals surface area contributed by atoms with Crippen LogP contribution in [-0.2, 0) is 0 Å². The normalized spacial score (nSPS) is 11.7. The van der Waals surface area contributed by atoms with E-state index in [-0.39, 0.29) is 0 Å². The van der Waals surface area contributed by atoms with Gasteiger partial charge in [-0.1, -0.05) is 97.1 Å². The number of rotatable bonds is 6. The standard InChI is InChI=1S/C50H32N2OS/c1-3-12-35(13-4-1)51(36-14-5-2-6-15-36)37-16-11-17-38(29-37)52(40-26-27-42-41-18-7-9-20-47(41)53-48(42)31-40)39-25-24-33-22-23-34-28-50-46(32-45(34)44(33)30-39)43-19-8-10-21-49(43)54-50/h1-32H. The highest BCUT2D eigenvalue weighted by Crippen LogP contribution is 2.44. The van der Waals surface area contributed by atoms with Crippen LogP contribution in [0.2, 0.25) is 0 Å². The zero-order valence-electron chi connectivity index (χ0n) is 29.2. The summed E-state index contributed by atoms with van der Waals surface area (Å²) in [5.74, 6) is 0. The van der Waals surface area contributed by atoms with Gasteiger partial charge in [0.15, 0.2) is 0 Å². The fourth-order valence-corrected chi connectivity index (χ4v) is 9.21. The fourth-order valence-electron chi connectivity index (χ4n) is 8.07. The number of hydrogen-bond donors (Lipinski definition) is 0. The molecule has 0 saturated heterocycles. The van der Waals surface area contributed by atoms with Crippen LogP contribution < -0.4 is 9.80 Å². The van der Waals surface area contributed by atoms with Crippen LogP contribution in [0.15, 0.2) is 199 Å². The second kappa shape index (κ2) is 12.4. The molecule has 11 aromatic rings. The predicted octanol–water partition coefficient (Wildman–Crippen LogP) is 15.2. The van der Waals surface area contributed by atoms with Crippen LogP contribution in [0.3, 0.4) is 0 Å². The van der Waals surface area contributed by atoms with Gasteiger partial charge in [0, 0.05) is 71.1 Å². The van der Waals surface area contributed by atoms with Crippen molar-refractivity contribution in [2.75, 3.05) is 9.80 Å². The fraction of sp³-hybridized carbons (Fsp3) is 0. The minimum Gasteiger partial charge on any atom is -0.456 e. The molecule has 0 radical (unpaired) electrons. The number of nitrogens with zero attached hydrogens (tertiary/aromatic N) is 2. The summed E-state index contributed by atoms with van der Waals surface area (Å²) < 4.78 is 9.09. The maximum absolute atomic E-state index is 6.45. The summed E-state index contributed by atoms with van der Waals surface area (Å²) in [6.45, 7) is 0. The van der Waals surface area contributed by atoms with Crippen LogP contribution in [0, 0.1) is 0 Å². The molecule has 0 aliphatic carbocycles. The lowest BCUT2D eigenvalue weighted by atomic mass is 9.99. The Bertz CT molecular complexity index is 3140. The summed E-state index contributed by atoms with van der Waals surface area (Å²) >= 11 is 1.87. The quantitative estimate of drug-likeness (QED) is 0.160. The Morgan fingerprint density at radius 3 is 1.65 bits per heavy atom. The molecule has 0 unspecified atom stereocenters. The summed E-state index contributed by atoms with van der Waals surface area (Å²) in [4.78, 5) is 4.68. The Morgan fingerprint density at radius 2 is 0.852 bits per heavy atom. The van der Waals surface area contributed by atoms with Crippen molar-refractivity contribution in [3.05, 3.63) is 194 Å². The molecule has 0 saturated carbocycles. The number of thiophene rings is 1. The summed E-state index contributed by atoms with van der Waals surface area (Å²) in [6, 6.07) is 69.7. The summed E-state index contributed by atoms with van der Waals surface area (Å²) in [5, 5.41) is 9.80. The van der Waals surface area contributed by atoms with Crippen LogP contribution in [0.25, 0.3) is 63.7 Å². The molecule has 0 spiro atoms. The molecule has 0 amide bonds. The van der Waals surface area contributed by atoms with Crippen molar-refractivity contribution >= 4 is 109 Å². The van der Waals surface area contributed by atoms with Crippen LogP contribution in [0.1, 0.15) is 0 Å². The van der Waals surface area contributed by atoms with Gasteiger partial charge in [0.1, 0.15) is 11.2 Å². The Kier molecular flexibility index (Phi) is 7.04. The van der Waals surface area contributed by atoms with Gasteiger partial charge in [0.25, 0.3) is 0 Å². The third-order valence-corrected chi connectivity index (χ3v) is 11.7. The molecule has 2 heterocycles. The van der Waals surface area contributed by atoms with Crippen molar-refractivity contribution < 1.29 is 4.42 Å². The minimum absolute atomic E-state index is 0.864. The van der Waals surface area contributed by atoms with Crippen LogP contribution >= 0.6 is 11.3 Å². The smallest absolute Gasteiger partial charge is 0.137 e. The third kappa shape index (κ3) is 5.03. The van der Waals surface area contributed by atoms with Gasteiger partial charge in [-0.2, -0.15) is 0 Å². The van der Waals surface area contributed by atoms with Crippen molar-refractivity contribution in [1.82, 2.24) is 0 Å². The average Bonchev–Trinajstić information content (AvgIpc) is 3.79. The van der Waals surface area contributed by atoms with E-state index in [1.165, 1.54) is 41.7 Å². The maximum atomic E-state index is 6.45. The monoisotopic (exact) mass is 708 g/mol. The van der Waals surface area contributed by atoms with Crippen molar-refractivity contribution in [1.29, 1.82) is 0 Å². The number of hydrogen-bond acceptors (Lipinski definition) is 4. The van der Waals surface area contributed by atoms with Crippen LogP contribution in [-0.4, -0.2) is 0 Å². The van der Waals surface area contributed by atoms with Gasteiger partial charge in [-0.3, -0.25) is 0 Å². The first-order valence-electron chi connectivity index (χ1n) is 18.2. The number of para-hydroxylation sites is 3. The topological polar surface area (TPSA) is 19.6 Å². The van der Waals surface area contributed by atoms with Gasteiger partial charge in [-0.05, 0) is 113 Å². The van der Waals surface area contributed by atoms with Crippen molar-refractivity contribution in [3.63, 3.8) is 0 Å². The lowest BCUT2D eigenvalue weighted by Gasteiger charge is -2.29.